The van der Waals surface area contributed by atoms with E-state index in [9.17, 15) is 9.90 Å². The van der Waals surface area contributed by atoms with Crippen LogP contribution < -0.4 is 5.32 Å². The lowest BCUT2D eigenvalue weighted by Gasteiger charge is -2.16. The molecule has 0 unspecified atom stereocenters. The molecule has 0 spiro atoms. The lowest BCUT2D eigenvalue weighted by molar-refractivity contribution is 0.0982. The second-order valence-electron chi connectivity index (χ2n) is 6.17. The molecule has 0 bridgehead atoms. The lowest BCUT2D eigenvalue weighted by Crippen LogP contribution is -2.06. The average molecular weight is 334 g/mol. The van der Waals surface area contributed by atoms with Crippen LogP contribution in [0.4, 0.5) is 11.4 Å². The highest BCUT2D eigenvalue weighted by molar-refractivity contribution is 6.09. The number of aryl methyl sites for hydroxylation is 1. The molecule has 0 saturated carbocycles. The summed E-state index contributed by atoms with van der Waals surface area (Å²) in [7, 11) is 0. The van der Waals surface area contributed by atoms with Crippen LogP contribution in [0.3, 0.4) is 0 Å². The molecule has 0 radical (unpaired) electrons. The van der Waals surface area contributed by atoms with Gasteiger partial charge >= 0.3 is 0 Å². The number of benzene rings is 2. The van der Waals surface area contributed by atoms with Crippen molar-refractivity contribution >= 4 is 28.1 Å². The van der Waals surface area contributed by atoms with Gasteiger partial charge in [-0.05, 0) is 42.7 Å². The summed E-state index contributed by atoms with van der Waals surface area (Å²) in [5.74, 6) is 0.0717. The zero-order valence-electron chi connectivity index (χ0n) is 14.5. The summed E-state index contributed by atoms with van der Waals surface area (Å²) >= 11 is 0. The SMILES string of the molecule is CCCC(=O)c1cnc2ccc(CO)cc2c1Nc1ccccc1C. The molecule has 4 nitrogen and oxygen atoms in total. The molecular formula is C21H22N2O2. The number of carbonyl (C=O) groups is 1. The summed E-state index contributed by atoms with van der Waals surface area (Å²) in [6.07, 6.45) is 2.92. The van der Waals surface area contributed by atoms with Gasteiger partial charge in [-0.2, -0.15) is 0 Å². The van der Waals surface area contributed by atoms with Crippen molar-refractivity contribution in [3.8, 4) is 0 Å². The normalized spacial score (nSPS) is 10.8. The topological polar surface area (TPSA) is 62.2 Å². The van der Waals surface area contributed by atoms with Crippen LogP contribution in [0.1, 0.15) is 41.3 Å². The molecule has 0 fully saturated rings. The van der Waals surface area contributed by atoms with Crippen LogP contribution in [0.5, 0.6) is 0 Å². The Morgan fingerprint density at radius 2 is 2.00 bits per heavy atom. The number of ketones is 1. The third-order valence-corrected chi connectivity index (χ3v) is 4.30. The predicted molar refractivity (Wildman–Crippen MR) is 101 cm³/mol. The van der Waals surface area contributed by atoms with E-state index in [0.717, 1.165) is 39.8 Å². The van der Waals surface area contributed by atoms with E-state index >= 15 is 0 Å². The predicted octanol–water partition coefficient (Wildman–Crippen LogP) is 4.76. The maximum atomic E-state index is 12.6. The Morgan fingerprint density at radius 3 is 2.72 bits per heavy atom. The molecule has 3 aromatic rings. The second kappa shape index (κ2) is 7.45. The van der Waals surface area contributed by atoms with Crippen molar-refractivity contribution in [1.82, 2.24) is 4.98 Å². The molecule has 25 heavy (non-hydrogen) atoms. The van der Waals surface area contributed by atoms with Gasteiger partial charge in [-0.15, -0.1) is 0 Å². The number of anilines is 2. The quantitative estimate of drug-likeness (QED) is 0.638. The summed E-state index contributed by atoms with van der Waals surface area (Å²) in [5.41, 5.74) is 4.99. The number of rotatable bonds is 6. The molecule has 2 N–H and O–H groups in total. The third kappa shape index (κ3) is 3.54. The molecule has 3 rings (SSSR count). The van der Waals surface area contributed by atoms with Crippen molar-refractivity contribution < 1.29 is 9.90 Å². The molecule has 0 aliphatic rings. The smallest absolute Gasteiger partial charge is 0.166 e. The number of aliphatic hydroxyl groups is 1. The maximum absolute atomic E-state index is 12.6. The van der Waals surface area contributed by atoms with Gasteiger partial charge < -0.3 is 10.4 Å². The maximum Gasteiger partial charge on any atom is 0.166 e. The van der Waals surface area contributed by atoms with Gasteiger partial charge in [-0.25, -0.2) is 0 Å². The summed E-state index contributed by atoms with van der Waals surface area (Å²) in [5, 5.41) is 13.8. The van der Waals surface area contributed by atoms with Gasteiger partial charge in [0.25, 0.3) is 0 Å². The van der Waals surface area contributed by atoms with E-state index in [4.69, 9.17) is 0 Å². The second-order valence-corrected chi connectivity index (χ2v) is 6.17. The number of nitrogens with one attached hydrogen (secondary N) is 1. The molecule has 1 heterocycles. The highest BCUT2D eigenvalue weighted by Gasteiger charge is 2.16. The fourth-order valence-electron chi connectivity index (χ4n) is 2.89. The molecular weight excluding hydrogens is 312 g/mol. The number of fused-ring (bicyclic) bond motifs is 1. The van der Waals surface area contributed by atoms with Crippen molar-refractivity contribution in [3.05, 3.63) is 65.4 Å². The van der Waals surface area contributed by atoms with Gasteiger partial charge in [0.1, 0.15) is 0 Å². The van der Waals surface area contributed by atoms with E-state index in [2.05, 4.69) is 10.3 Å². The highest BCUT2D eigenvalue weighted by Crippen LogP contribution is 2.32. The minimum Gasteiger partial charge on any atom is -0.392 e. The van der Waals surface area contributed by atoms with Gasteiger partial charge in [0.05, 0.1) is 23.4 Å². The largest absolute Gasteiger partial charge is 0.392 e. The standard InChI is InChI=1S/C21H22N2O2/c1-3-6-20(25)17-12-22-19-10-9-15(13-24)11-16(19)21(17)23-18-8-5-4-7-14(18)2/h4-5,7-12,24H,3,6,13H2,1-2H3,(H,22,23). The summed E-state index contributed by atoms with van der Waals surface area (Å²) in [6, 6.07) is 13.6. The number of aromatic nitrogens is 1. The molecule has 0 saturated heterocycles. The number of para-hydroxylation sites is 1. The third-order valence-electron chi connectivity index (χ3n) is 4.30. The van der Waals surface area contributed by atoms with Crippen LogP contribution in [-0.4, -0.2) is 15.9 Å². The van der Waals surface area contributed by atoms with Crippen molar-refractivity contribution in [2.75, 3.05) is 5.32 Å². The van der Waals surface area contributed by atoms with Crippen molar-refractivity contribution in [2.24, 2.45) is 0 Å². The number of nitrogens with zero attached hydrogens (tertiary/aromatic N) is 1. The summed E-state index contributed by atoms with van der Waals surface area (Å²) in [4.78, 5) is 17.1. The van der Waals surface area contributed by atoms with Gasteiger partial charge in [0.2, 0.25) is 0 Å². The highest BCUT2D eigenvalue weighted by atomic mass is 16.3. The summed E-state index contributed by atoms with van der Waals surface area (Å²) in [6.45, 7) is 3.97. The monoisotopic (exact) mass is 334 g/mol. The van der Waals surface area contributed by atoms with Gasteiger partial charge in [0.15, 0.2) is 5.78 Å². The summed E-state index contributed by atoms with van der Waals surface area (Å²) < 4.78 is 0. The van der Waals surface area contributed by atoms with Crippen molar-refractivity contribution in [2.45, 2.75) is 33.3 Å². The Hall–Kier alpha value is -2.72. The minimum atomic E-state index is -0.0487. The van der Waals surface area contributed by atoms with Crippen LogP contribution in [0.25, 0.3) is 10.9 Å². The van der Waals surface area contributed by atoms with Crippen molar-refractivity contribution in [1.29, 1.82) is 0 Å². The fourth-order valence-corrected chi connectivity index (χ4v) is 2.89. The number of carbonyl (C=O) groups excluding carboxylic acids is 1. The van der Waals surface area contributed by atoms with E-state index in [0.29, 0.717) is 12.0 Å². The zero-order chi connectivity index (χ0) is 17.8. The Bertz CT molecular complexity index is 919. The number of pyridine rings is 1. The molecule has 0 amide bonds. The first-order chi connectivity index (χ1) is 12.1. The van der Waals surface area contributed by atoms with E-state index in [1.807, 2.05) is 56.3 Å². The van der Waals surface area contributed by atoms with Crippen LogP contribution in [0, 0.1) is 6.92 Å². The minimum absolute atomic E-state index is 0.0487. The molecule has 0 atom stereocenters. The molecule has 4 heteroatoms. The van der Waals surface area contributed by atoms with E-state index in [1.54, 1.807) is 6.20 Å². The number of Topliss-reactive ketones (excluding diaryl/α,β-unsaturated/α-hetero) is 1. The average Bonchev–Trinajstić information content (AvgIpc) is 2.63. The van der Waals surface area contributed by atoms with Gasteiger partial charge in [-0.3, -0.25) is 9.78 Å². The molecule has 0 aliphatic carbocycles. The molecule has 2 aromatic carbocycles. The molecule has 128 valence electrons. The number of aliphatic hydroxyl groups excluding tert-OH is 1. The van der Waals surface area contributed by atoms with Crippen LogP contribution >= 0.6 is 0 Å². The Kier molecular flexibility index (Phi) is 5.10. The number of hydrogen-bond donors (Lipinski definition) is 2. The van der Waals surface area contributed by atoms with Gasteiger partial charge in [-0.1, -0.05) is 31.2 Å². The van der Waals surface area contributed by atoms with E-state index in [-0.39, 0.29) is 12.4 Å². The van der Waals surface area contributed by atoms with Crippen LogP contribution in [-0.2, 0) is 6.61 Å². The Balaban J connectivity index is 2.21. The Morgan fingerprint density at radius 1 is 1.20 bits per heavy atom. The van der Waals surface area contributed by atoms with Crippen molar-refractivity contribution in [3.63, 3.8) is 0 Å². The fraction of sp³-hybridized carbons (Fsp3) is 0.238. The first-order valence-electron chi connectivity index (χ1n) is 8.52. The molecule has 1 aromatic heterocycles. The van der Waals surface area contributed by atoms with E-state index < -0.39 is 0 Å². The first-order valence-corrected chi connectivity index (χ1v) is 8.52. The van der Waals surface area contributed by atoms with Gasteiger partial charge in [0, 0.05) is 23.7 Å². The zero-order valence-corrected chi connectivity index (χ0v) is 14.5. The lowest BCUT2D eigenvalue weighted by atomic mass is 10.0. The van der Waals surface area contributed by atoms with Crippen LogP contribution in [0.2, 0.25) is 0 Å². The first kappa shape index (κ1) is 17.1. The Labute approximate surface area is 147 Å². The van der Waals surface area contributed by atoms with Crippen LogP contribution in [0.15, 0.2) is 48.7 Å². The molecule has 0 aliphatic heterocycles. The number of hydrogen-bond acceptors (Lipinski definition) is 4. The van der Waals surface area contributed by atoms with E-state index in [1.165, 1.54) is 0 Å².